The number of aromatic nitrogens is 3. The van der Waals surface area contributed by atoms with Gasteiger partial charge in [0.25, 0.3) is 11.8 Å². The second kappa shape index (κ2) is 6.33. The maximum atomic E-state index is 13.1. The normalized spacial score (nSPS) is 14.1. The molecule has 2 aromatic rings. The largest absolute Gasteiger partial charge is 0.337 e. The number of benzene rings is 1. The number of carbonyl (C=O) groups excluding carboxylic acids is 2. The van der Waals surface area contributed by atoms with Gasteiger partial charge < -0.3 is 10.2 Å². The smallest absolute Gasteiger partial charge is 0.278 e. The van der Waals surface area contributed by atoms with Crippen LogP contribution in [0.1, 0.15) is 33.7 Å². The molecule has 1 aromatic carbocycles. The Kier molecular flexibility index (Phi) is 4.24. The van der Waals surface area contributed by atoms with Crippen molar-refractivity contribution in [2.45, 2.75) is 12.8 Å². The zero-order chi connectivity index (χ0) is 16.4. The first-order valence-electron chi connectivity index (χ1n) is 7.02. The predicted molar refractivity (Wildman–Crippen MR) is 80.9 cm³/mol. The maximum Gasteiger partial charge on any atom is 0.278 e. The van der Waals surface area contributed by atoms with Crippen molar-refractivity contribution in [3.8, 4) is 0 Å². The van der Waals surface area contributed by atoms with E-state index in [1.165, 1.54) is 12.1 Å². The van der Waals surface area contributed by atoms with Gasteiger partial charge in [0, 0.05) is 18.7 Å². The van der Waals surface area contributed by atoms with Gasteiger partial charge >= 0.3 is 0 Å². The van der Waals surface area contributed by atoms with Gasteiger partial charge in [-0.3, -0.25) is 9.59 Å². The van der Waals surface area contributed by atoms with E-state index in [1.54, 1.807) is 4.90 Å². The van der Waals surface area contributed by atoms with Crippen molar-refractivity contribution >= 4 is 29.2 Å². The van der Waals surface area contributed by atoms with E-state index < -0.39 is 11.7 Å². The number of hydrogen-bond acceptors (Lipinski definition) is 4. The molecule has 1 aliphatic rings. The van der Waals surface area contributed by atoms with Gasteiger partial charge in [-0.25, -0.2) is 4.39 Å². The lowest BCUT2D eigenvalue weighted by molar-refractivity contribution is 0.0788. The minimum Gasteiger partial charge on any atom is -0.337 e. The summed E-state index contributed by atoms with van der Waals surface area (Å²) in [5.41, 5.74) is 0.201. The number of nitrogens with zero attached hydrogens (tertiary/aromatic N) is 3. The molecule has 2 N–H and O–H groups in total. The van der Waals surface area contributed by atoms with Crippen LogP contribution in [0.3, 0.4) is 0 Å². The van der Waals surface area contributed by atoms with Crippen LogP contribution in [-0.4, -0.2) is 45.2 Å². The molecular weight excluding hydrogens is 325 g/mol. The number of H-pyrrole nitrogens is 1. The fourth-order valence-corrected chi connectivity index (χ4v) is 2.53. The minimum absolute atomic E-state index is 0.0346. The van der Waals surface area contributed by atoms with Crippen LogP contribution in [0.25, 0.3) is 0 Å². The highest BCUT2D eigenvalue weighted by atomic mass is 35.5. The summed E-state index contributed by atoms with van der Waals surface area (Å²) in [6.45, 7) is 1.32. The van der Waals surface area contributed by atoms with Gasteiger partial charge in [-0.2, -0.15) is 5.21 Å². The zero-order valence-corrected chi connectivity index (χ0v) is 12.7. The Bertz CT molecular complexity index is 757. The Morgan fingerprint density at radius 3 is 2.70 bits per heavy atom. The summed E-state index contributed by atoms with van der Waals surface area (Å²) in [5.74, 6) is -1.43. The highest BCUT2D eigenvalue weighted by molar-refractivity contribution is 6.31. The maximum absolute atomic E-state index is 13.1. The monoisotopic (exact) mass is 337 g/mol. The van der Waals surface area contributed by atoms with Gasteiger partial charge in [-0.1, -0.05) is 11.6 Å². The average Bonchev–Trinajstić information content (AvgIpc) is 3.20. The van der Waals surface area contributed by atoms with E-state index in [0.717, 1.165) is 18.9 Å². The van der Waals surface area contributed by atoms with Crippen molar-refractivity contribution in [3.05, 3.63) is 40.3 Å². The van der Waals surface area contributed by atoms with Crippen LogP contribution >= 0.6 is 11.6 Å². The van der Waals surface area contributed by atoms with Gasteiger partial charge in [0.2, 0.25) is 0 Å². The standard InChI is InChI=1S/C14H13ClFN5O2/c15-9-7-8(3-4-10(9)16)13(22)17-12-11(18-20-19-12)14(23)21-5-1-2-6-21/h3-4,7H,1-2,5-6H2,(H2,17,18,19,20,22). The zero-order valence-electron chi connectivity index (χ0n) is 12.0. The van der Waals surface area contributed by atoms with Crippen molar-refractivity contribution in [2.24, 2.45) is 0 Å². The summed E-state index contributed by atoms with van der Waals surface area (Å²) < 4.78 is 13.1. The van der Waals surface area contributed by atoms with Crippen LogP contribution in [0.4, 0.5) is 10.2 Å². The van der Waals surface area contributed by atoms with Crippen LogP contribution < -0.4 is 5.32 Å². The van der Waals surface area contributed by atoms with Crippen LogP contribution in [-0.2, 0) is 0 Å². The second-order valence-electron chi connectivity index (χ2n) is 5.10. The molecule has 1 aromatic heterocycles. The van der Waals surface area contributed by atoms with E-state index in [-0.39, 0.29) is 28.0 Å². The van der Waals surface area contributed by atoms with Crippen molar-refractivity contribution in [3.63, 3.8) is 0 Å². The number of aromatic amines is 1. The number of hydrogen-bond donors (Lipinski definition) is 2. The molecule has 0 unspecified atom stereocenters. The Hall–Kier alpha value is -2.48. The Labute approximate surface area is 135 Å². The first-order valence-corrected chi connectivity index (χ1v) is 7.40. The number of carbonyl (C=O) groups is 2. The molecule has 1 saturated heterocycles. The third kappa shape index (κ3) is 3.16. The van der Waals surface area contributed by atoms with E-state index in [0.29, 0.717) is 13.1 Å². The number of anilines is 1. The SMILES string of the molecule is O=C(Nc1n[nH]nc1C(=O)N1CCCC1)c1ccc(F)c(Cl)c1. The summed E-state index contributed by atoms with van der Waals surface area (Å²) in [7, 11) is 0. The van der Waals surface area contributed by atoms with Crippen LogP contribution in [0.2, 0.25) is 5.02 Å². The van der Waals surface area contributed by atoms with Gasteiger partial charge in [-0.05, 0) is 31.0 Å². The molecule has 0 radical (unpaired) electrons. The molecule has 0 aliphatic carbocycles. The number of nitrogens with one attached hydrogen (secondary N) is 2. The fourth-order valence-electron chi connectivity index (χ4n) is 2.35. The van der Waals surface area contributed by atoms with Gasteiger partial charge in [0.05, 0.1) is 5.02 Å². The predicted octanol–water partition coefficient (Wildman–Crippen LogP) is 2.09. The van der Waals surface area contributed by atoms with Gasteiger partial charge in [0.1, 0.15) is 5.82 Å². The van der Waals surface area contributed by atoms with Crippen LogP contribution in [0, 0.1) is 5.82 Å². The third-order valence-corrected chi connectivity index (χ3v) is 3.85. The highest BCUT2D eigenvalue weighted by Crippen LogP contribution is 2.19. The summed E-state index contributed by atoms with van der Waals surface area (Å²) in [4.78, 5) is 26.2. The molecule has 1 aliphatic heterocycles. The van der Waals surface area contributed by atoms with Crippen molar-refractivity contribution < 1.29 is 14.0 Å². The number of amides is 2. The first-order chi connectivity index (χ1) is 11.1. The van der Waals surface area contributed by atoms with E-state index >= 15 is 0 Å². The highest BCUT2D eigenvalue weighted by Gasteiger charge is 2.26. The molecule has 0 saturated carbocycles. The quantitative estimate of drug-likeness (QED) is 0.897. The van der Waals surface area contributed by atoms with Gasteiger partial charge in [-0.15, -0.1) is 10.2 Å². The third-order valence-electron chi connectivity index (χ3n) is 3.56. The molecular formula is C14H13ClFN5O2. The molecule has 0 spiro atoms. The average molecular weight is 338 g/mol. The Morgan fingerprint density at radius 1 is 1.26 bits per heavy atom. The molecule has 0 atom stereocenters. The van der Waals surface area contributed by atoms with Crippen molar-refractivity contribution in [2.75, 3.05) is 18.4 Å². The summed E-state index contributed by atoms with van der Waals surface area (Å²) >= 11 is 5.66. The lowest BCUT2D eigenvalue weighted by Crippen LogP contribution is -2.29. The molecule has 120 valence electrons. The minimum atomic E-state index is -0.616. The van der Waals surface area contributed by atoms with Crippen molar-refractivity contribution in [1.82, 2.24) is 20.3 Å². The molecule has 2 heterocycles. The number of likely N-dealkylation sites (tertiary alicyclic amines) is 1. The number of halogens is 2. The lowest BCUT2D eigenvalue weighted by Gasteiger charge is -2.13. The molecule has 9 heteroatoms. The van der Waals surface area contributed by atoms with E-state index in [9.17, 15) is 14.0 Å². The first kappa shape index (κ1) is 15.4. The van der Waals surface area contributed by atoms with E-state index in [4.69, 9.17) is 11.6 Å². The second-order valence-corrected chi connectivity index (χ2v) is 5.51. The van der Waals surface area contributed by atoms with E-state index in [1.807, 2.05) is 0 Å². The Balaban J connectivity index is 1.78. The summed E-state index contributed by atoms with van der Waals surface area (Å²) in [6, 6.07) is 3.59. The fraction of sp³-hybridized carbons (Fsp3) is 0.286. The van der Waals surface area contributed by atoms with Crippen molar-refractivity contribution in [1.29, 1.82) is 0 Å². The molecule has 1 fully saturated rings. The van der Waals surface area contributed by atoms with Crippen LogP contribution in [0.5, 0.6) is 0 Å². The lowest BCUT2D eigenvalue weighted by atomic mass is 10.2. The van der Waals surface area contributed by atoms with Gasteiger partial charge in [0.15, 0.2) is 11.5 Å². The molecule has 2 amide bonds. The molecule has 23 heavy (non-hydrogen) atoms. The van der Waals surface area contributed by atoms with E-state index in [2.05, 4.69) is 20.7 Å². The molecule has 0 bridgehead atoms. The topological polar surface area (TPSA) is 91.0 Å². The Morgan fingerprint density at radius 2 is 2.00 bits per heavy atom. The summed E-state index contributed by atoms with van der Waals surface area (Å²) in [6.07, 6.45) is 1.89. The van der Waals surface area contributed by atoms with Crippen LogP contribution in [0.15, 0.2) is 18.2 Å². The number of rotatable bonds is 3. The molecule has 3 rings (SSSR count). The molecule has 7 nitrogen and oxygen atoms in total. The summed E-state index contributed by atoms with van der Waals surface area (Å²) in [5, 5.41) is 12.3.